The third-order valence-corrected chi connectivity index (χ3v) is 5.74. The first-order valence-corrected chi connectivity index (χ1v) is 9.66. The molecule has 0 spiro atoms. The Labute approximate surface area is 157 Å². The van der Waals surface area contributed by atoms with Crippen molar-refractivity contribution in [1.29, 1.82) is 0 Å². The number of sulfonamides is 1. The summed E-state index contributed by atoms with van der Waals surface area (Å²) in [6.07, 6.45) is 0. The van der Waals surface area contributed by atoms with Crippen LogP contribution in [0.4, 0.5) is 5.69 Å². The molecule has 0 amide bonds. The van der Waals surface area contributed by atoms with Crippen molar-refractivity contribution in [2.75, 3.05) is 17.5 Å². The fourth-order valence-corrected chi connectivity index (χ4v) is 4.32. The van der Waals surface area contributed by atoms with E-state index in [0.29, 0.717) is 0 Å². The lowest BCUT2D eigenvalue weighted by molar-refractivity contribution is -0.141. The van der Waals surface area contributed by atoms with Crippen LogP contribution in [0.2, 0.25) is 10.0 Å². The number of anilines is 1. The summed E-state index contributed by atoms with van der Waals surface area (Å²) in [6.45, 7) is 3.08. The maximum atomic E-state index is 13.1. The molecular formula is C17H17Cl2NO4S. The molecule has 0 heterocycles. The maximum absolute atomic E-state index is 13.1. The Balaban J connectivity index is 2.58. The summed E-state index contributed by atoms with van der Waals surface area (Å²) >= 11 is 12.3. The molecule has 2 aromatic carbocycles. The van der Waals surface area contributed by atoms with Crippen LogP contribution in [0.5, 0.6) is 0 Å². The Morgan fingerprint density at radius 1 is 1.08 bits per heavy atom. The second kappa shape index (κ2) is 8.08. The largest absolute Gasteiger partial charge is 0.465 e. The van der Waals surface area contributed by atoms with Crippen LogP contribution in [0.3, 0.4) is 0 Å². The second-order valence-electron chi connectivity index (χ2n) is 5.20. The molecule has 0 fully saturated rings. The predicted octanol–water partition coefficient (Wildman–Crippen LogP) is 4.06. The van der Waals surface area contributed by atoms with E-state index in [4.69, 9.17) is 27.9 Å². The molecular weight excluding hydrogens is 385 g/mol. The molecule has 25 heavy (non-hydrogen) atoms. The zero-order chi connectivity index (χ0) is 18.6. The lowest BCUT2D eigenvalue weighted by Gasteiger charge is -2.25. The van der Waals surface area contributed by atoms with Gasteiger partial charge in [0.15, 0.2) is 0 Å². The number of nitrogens with zero attached hydrogens (tertiary/aromatic N) is 1. The lowest BCUT2D eigenvalue weighted by atomic mass is 10.2. The molecule has 0 radical (unpaired) electrons. The van der Waals surface area contributed by atoms with Gasteiger partial charge in [0.25, 0.3) is 10.0 Å². The van der Waals surface area contributed by atoms with Crippen molar-refractivity contribution in [2.24, 2.45) is 0 Å². The van der Waals surface area contributed by atoms with E-state index in [2.05, 4.69) is 0 Å². The van der Waals surface area contributed by atoms with Gasteiger partial charge in [0.05, 0.1) is 27.2 Å². The molecule has 0 aromatic heterocycles. The van der Waals surface area contributed by atoms with E-state index in [1.807, 2.05) is 6.92 Å². The second-order valence-corrected chi connectivity index (χ2v) is 7.88. The van der Waals surface area contributed by atoms with Crippen LogP contribution in [0, 0.1) is 6.92 Å². The van der Waals surface area contributed by atoms with Gasteiger partial charge < -0.3 is 4.74 Å². The highest BCUT2D eigenvalue weighted by Gasteiger charge is 2.30. The van der Waals surface area contributed by atoms with E-state index >= 15 is 0 Å². The quantitative estimate of drug-likeness (QED) is 0.684. The highest BCUT2D eigenvalue weighted by atomic mass is 35.5. The lowest BCUT2D eigenvalue weighted by Crippen LogP contribution is -2.37. The molecule has 0 bridgehead atoms. The zero-order valence-electron chi connectivity index (χ0n) is 13.7. The molecule has 0 saturated heterocycles. The molecule has 134 valence electrons. The van der Waals surface area contributed by atoms with Crippen molar-refractivity contribution >= 4 is 44.9 Å². The number of halogens is 2. The number of carbonyl (C=O) groups excluding carboxylic acids is 1. The van der Waals surface area contributed by atoms with Gasteiger partial charge >= 0.3 is 5.97 Å². The van der Waals surface area contributed by atoms with Crippen molar-refractivity contribution in [2.45, 2.75) is 18.7 Å². The fraction of sp³-hybridized carbons (Fsp3) is 0.235. The standard InChI is InChI=1S/C17H17Cl2NO4S/c1-3-24-16(21)11-20(17-14(18)5-4-6-15(17)19)25(22,23)13-9-7-12(2)8-10-13/h4-10H,3,11H2,1-2H3. The molecule has 0 atom stereocenters. The summed E-state index contributed by atoms with van der Waals surface area (Å²) in [5.74, 6) is -0.700. The van der Waals surface area contributed by atoms with Gasteiger partial charge in [0.1, 0.15) is 6.54 Å². The molecule has 2 rings (SSSR count). The average Bonchev–Trinajstić information content (AvgIpc) is 2.54. The first kappa shape index (κ1) is 19.6. The Hall–Kier alpha value is -1.76. The first-order valence-electron chi connectivity index (χ1n) is 7.46. The Kier molecular flexibility index (Phi) is 6.32. The normalized spacial score (nSPS) is 11.2. The number of hydrogen-bond donors (Lipinski definition) is 0. The molecule has 2 aromatic rings. The van der Waals surface area contributed by atoms with Crippen LogP contribution in [0.1, 0.15) is 12.5 Å². The van der Waals surface area contributed by atoms with Crippen LogP contribution in [-0.4, -0.2) is 27.5 Å². The smallest absolute Gasteiger partial charge is 0.326 e. The molecule has 5 nitrogen and oxygen atoms in total. The number of esters is 1. The van der Waals surface area contributed by atoms with Gasteiger partial charge in [0.2, 0.25) is 0 Å². The summed E-state index contributed by atoms with van der Waals surface area (Å²) in [6, 6.07) is 10.9. The van der Waals surface area contributed by atoms with Crippen molar-refractivity contribution in [3.63, 3.8) is 0 Å². The minimum atomic E-state index is -4.07. The van der Waals surface area contributed by atoms with Crippen LogP contribution in [-0.2, 0) is 19.6 Å². The van der Waals surface area contributed by atoms with E-state index < -0.39 is 22.5 Å². The first-order chi connectivity index (χ1) is 11.8. The van der Waals surface area contributed by atoms with Gasteiger partial charge in [-0.2, -0.15) is 0 Å². The summed E-state index contributed by atoms with van der Waals surface area (Å²) in [7, 11) is -4.07. The van der Waals surface area contributed by atoms with E-state index in [-0.39, 0.29) is 27.2 Å². The third kappa shape index (κ3) is 4.45. The van der Waals surface area contributed by atoms with Crippen molar-refractivity contribution < 1.29 is 17.9 Å². The number of ether oxygens (including phenoxy) is 1. The Bertz CT molecular complexity index is 846. The SMILES string of the molecule is CCOC(=O)CN(c1c(Cl)cccc1Cl)S(=O)(=O)c1ccc(C)cc1. The molecule has 0 N–H and O–H groups in total. The van der Waals surface area contributed by atoms with Crippen LogP contribution in [0.25, 0.3) is 0 Å². The number of hydrogen-bond acceptors (Lipinski definition) is 4. The van der Waals surface area contributed by atoms with Crippen molar-refractivity contribution in [3.8, 4) is 0 Å². The third-order valence-electron chi connectivity index (χ3n) is 3.37. The number of carbonyl (C=O) groups is 1. The maximum Gasteiger partial charge on any atom is 0.326 e. The van der Waals surface area contributed by atoms with E-state index in [9.17, 15) is 13.2 Å². The monoisotopic (exact) mass is 401 g/mol. The van der Waals surface area contributed by atoms with Gasteiger partial charge in [-0.15, -0.1) is 0 Å². The van der Waals surface area contributed by atoms with Gasteiger partial charge in [0, 0.05) is 0 Å². The fourth-order valence-electron chi connectivity index (χ4n) is 2.17. The van der Waals surface area contributed by atoms with E-state index in [0.717, 1.165) is 9.87 Å². The summed E-state index contributed by atoms with van der Waals surface area (Å²) in [4.78, 5) is 12.0. The van der Waals surface area contributed by atoms with E-state index in [1.165, 1.54) is 24.3 Å². The highest BCUT2D eigenvalue weighted by molar-refractivity contribution is 7.92. The van der Waals surface area contributed by atoms with Crippen molar-refractivity contribution in [3.05, 3.63) is 58.1 Å². The number of para-hydroxylation sites is 1. The van der Waals surface area contributed by atoms with Gasteiger partial charge in [-0.1, -0.05) is 47.0 Å². The average molecular weight is 402 g/mol. The van der Waals surface area contributed by atoms with Crippen LogP contribution in [0.15, 0.2) is 47.4 Å². The molecule has 0 aliphatic carbocycles. The summed E-state index contributed by atoms with van der Waals surface area (Å²) in [5, 5.41) is 0.236. The Morgan fingerprint density at radius 3 is 2.16 bits per heavy atom. The topological polar surface area (TPSA) is 63.7 Å². The van der Waals surface area contributed by atoms with Gasteiger partial charge in [-0.05, 0) is 38.1 Å². The number of benzene rings is 2. The predicted molar refractivity (Wildman–Crippen MR) is 98.8 cm³/mol. The Morgan fingerprint density at radius 2 is 1.64 bits per heavy atom. The van der Waals surface area contributed by atoms with Gasteiger partial charge in [-0.3, -0.25) is 9.10 Å². The molecule has 0 aliphatic heterocycles. The number of aryl methyl sites for hydroxylation is 1. The number of rotatable bonds is 6. The highest BCUT2D eigenvalue weighted by Crippen LogP contribution is 2.36. The summed E-state index contributed by atoms with van der Waals surface area (Å²) in [5.41, 5.74) is 0.950. The van der Waals surface area contributed by atoms with Crippen LogP contribution < -0.4 is 4.31 Å². The van der Waals surface area contributed by atoms with Gasteiger partial charge in [-0.25, -0.2) is 8.42 Å². The minimum Gasteiger partial charge on any atom is -0.465 e. The van der Waals surface area contributed by atoms with Crippen LogP contribution >= 0.6 is 23.2 Å². The zero-order valence-corrected chi connectivity index (χ0v) is 16.0. The van der Waals surface area contributed by atoms with Crippen molar-refractivity contribution in [1.82, 2.24) is 0 Å². The van der Waals surface area contributed by atoms with E-state index in [1.54, 1.807) is 25.1 Å². The molecule has 0 unspecified atom stereocenters. The molecule has 0 saturated carbocycles. The summed E-state index contributed by atoms with van der Waals surface area (Å²) < 4.78 is 31.9. The molecule has 0 aliphatic rings. The minimum absolute atomic E-state index is 0.0263. The molecule has 8 heteroatoms.